The minimum atomic E-state index is -3.01. The van der Waals surface area contributed by atoms with Crippen molar-refractivity contribution in [2.75, 3.05) is 37.1 Å². The molecule has 434 valence electrons. The summed E-state index contributed by atoms with van der Waals surface area (Å²) in [6.45, 7) is 10.4. The molecule has 0 aromatic heterocycles. The van der Waals surface area contributed by atoms with Crippen molar-refractivity contribution >= 4 is 59.0 Å². The van der Waals surface area contributed by atoms with Crippen LogP contribution >= 0.6 is 26.8 Å². The molecule has 0 aliphatic carbocycles. The van der Waals surface area contributed by atoms with E-state index < -0.39 is 14.2 Å². The van der Waals surface area contributed by atoms with Crippen LogP contribution in [0.25, 0.3) is 0 Å². The average molecular weight is 1200 g/mol. The molecule has 0 bridgehead atoms. The van der Waals surface area contributed by atoms with E-state index in [9.17, 15) is 14.4 Å². The molecular weight excluding hydrogens is 1080 g/mol. The van der Waals surface area contributed by atoms with Gasteiger partial charge < -0.3 is 0 Å². The van der Waals surface area contributed by atoms with Gasteiger partial charge in [0.25, 0.3) is 0 Å². The monoisotopic (exact) mass is 1200 g/mol. The molecule has 0 aromatic rings. The predicted octanol–water partition coefficient (Wildman–Crippen LogP) is 21.7. The van der Waals surface area contributed by atoms with Crippen molar-refractivity contribution < 1.29 is 28.6 Å². The molecule has 0 heterocycles. The van der Waals surface area contributed by atoms with Crippen LogP contribution in [0.15, 0.2) is 36.5 Å². The number of ether oxygens (including phenoxy) is 3. The molecule has 0 spiro atoms. The molecule has 0 atom stereocenters. The van der Waals surface area contributed by atoms with E-state index in [-0.39, 0.29) is 17.9 Å². The van der Waals surface area contributed by atoms with Gasteiger partial charge in [0.1, 0.15) is 0 Å². The zero-order valence-electron chi connectivity index (χ0n) is 49.2. The molecule has 0 aliphatic rings. The van der Waals surface area contributed by atoms with Gasteiger partial charge in [-0.15, -0.1) is 0 Å². The number of carbonyl (C=O) groups is 3. The Hall–Kier alpha value is -0.521. The maximum absolute atomic E-state index is 12.7. The molecular formula is C64H120O6S3Sn. The van der Waals surface area contributed by atoms with Crippen molar-refractivity contribution in [1.82, 2.24) is 0 Å². The third-order valence-electron chi connectivity index (χ3n) is 13.8. The van der Waals surface area contributed by atoms with Crippen LogP contribution in [0.3, 0.4) is 0 Å². The Balaban J connectivity index is 4.73. The van der Waals surface area contributed by atoms with Crippen molar-refractivity contribution in [3.63, 3.8) is 0 Å². The summed E-state index contributed by atoms with van der Waals surface area (Å²) in [7, 11) is 6.14. The Labute approximate surface area is 472 Å². The van der Waals surface area contributed by atoms with Crippen molar-refractivity contribution in [3.8, 4) is 0 Å². The van der Waals surface area contributed by atoms with Gasteiger partial charge in [-0.3, -0.25) is 0 Å². The third-order valence-corrected chi connectivity index (χ3v) is 53.8. The molecule has 0 N–H and O–H groups in total. The fraction of sp³-hybridized carbons (Fsp3) is 0.859. The van der Waals surface area contributed by atoms with Crippen molar-refractivity contribution in [2.24, 2.45) is 0 Å². The number of esters is 3. The summed E-state index contributed by atoms with van der Waals surface area (Å²) in [6, 6.07) is 0. The quantitative estimate of drug-likeness (QED) is 0.0195. The minimum absolute atomic E-state index is 0.0748. The molecule has 0 aliphatic heterocycles. The molecule has 0 saturated carbocycles. The van der Waals surface area contributed by atoms with Gasteiger partial charge in [0.2, 0.25) is 0 Å². The maximum atomic E-state index is 12.7. The molecule has 0 radical (unpaired) electrons. The van der Waals surface area contributed by atoms with Crippen LogP contribution in [0.4, 0.5) is 0 Å². The number of rotatable bonds is 60. The van der Waals surface area contributed by atoms with E-state index in [1.54, 1.807) is 0 Å². The summed E-state index contributed by atoms with van der Waals surface area (Å²) in [6.07, 6.45) is 66.5. The topological polar surface area (TPSA) is 78.9 Å². The van der Waals surface area contributed by atoms with Crippen LogP contribution in [0.2, 0.25) is 4.44 Å². The third kappa shape index (κ3) is 56.2. The van der Waals surface area contributed by atoms with Crippen molar-refractivity contribution in [3.05, 3.63) is 36.5 Å². The summed E-state index contributed by atoms with van der Waals surface area (Å²) < 4.78 is 18.5. The second-order valence-corrected chi connectivity index (χ2v) is 55.1. The van der Waals surface area contributed by atoms with Crippen LogP contribution in [-0.4, -0.2) is 69.2 Å². The van der Waals surface area contributed by atoms with Gasteiger partial charge in [0.15, 0.2) is 0 Å². The Morgan fingerprint density at radius 1 is 0.297 bits per heavy atom. The van der Waals surface area contributed by atoms with Crippen molar-refractivity contribution in [2.45, 2.75) is 315 Å². The average Bonchev–Trinajstić information content (AvgIpc) is 3.40. The summed E-state index contributed by atoms with van der Waals surface area (Å²) in [4.78, 5) is 38.2. The number of allylic oxidation sites excluding steroid dienone is 6. The van der Waals surface area contributed by atoms with Crippen LogP contribution < -0.4 is 0 Å². The summed E-state index contributed by atoms with van der Waals surface area (Å²) in [5.41, 5.74) is 0. The van der Waals surface area contributed by atoms with E-state index in [0.29, 0.717) is 39.1 Å². The fourth-order valence-electron chi connectivity index (χ4n) is 9.03. The van der Waals surface area contributed by atoms with Gasteiger partial charge in [-0.25, -0.2) is 0 Å². The molecule has 6 nitrogen and oxygen atoms in total. The Bertz CT molecular complexity index is 1150. The second-order valence-electron chi connectivity index (χ2n) is 21.0. The van der Waals surface area contributed by atoms with Crippen molar-refractivity contribution in [1.29, 1.82) is 0 Å². The van der Waals surface area contributed by atoms with E-state index in [0.717, 1.165) is 68.6 Å². The first-order valence-corrected chi connectivity index (χ1v) is 47.2. The normalized spacial score (nSPS) is 12.0. The molecule has 0 unspecified atom stereocenters. The number of hydrogen-bond donors (Lipinski definition) is 0. The SMILES string of the molecule is CCCCCCCC/C=C/CCCCCCCC(=O)OCC[S][Sn]([CH2]CCC)([S]CCOC(=O)CCCCCCC/C=C/CCCCCCCC)[S]CCOC(=O)CCCCCCC/C=C/CCCCCCCC. The van der Waals surface area contributed by atoms with Gasteiger partial charge in [-0.1, -0.05) is 154 Å². The number of hydrogen-bond acceptors (Lipinski definition) is 9. The smallest absolute Gasteiger partial charge is 0.0885 e. The minimum Gasteiger partial charge on any atom is -0.0885 e. The molecule has 10 heteroatoms. The molecule has 74 heavy (non-hydrogen) atoms. The predicted molar refractivity (Wildman–Crippen MR) is 334 cm³/mol. The Kier molecular flexibility index (Phi) is 61.3. The molecule has 0 aromatic carbocycles. The second kappa shape index (κ2) is 61.7. The first-order chi connectivity index (χ1) is 36.4. The standard InChI is InChI=1S/3C20H38O2S.C4H9.Sn/c3*1-2-3-4-5-6-7-8-9-10-11-12-13-14-15-16-17-20(21)22-18-19-23;1-3-4-2;/h3*9-10,23H,2-8,11-19H2,1H3;1,3-4H2,2H3;/q;;;;+3/p-3/b3*10-9+;;. The van der Waals surface area contributed by atoms with Gasteiger partial charge in [0.05, 0.1) is 0 Å². The van der Waals surface area contributed by atoms with Gasteiger partial charge in [-0.05, 0) is 38.5 Å². The van der Waals surface area contributed by atoms with E-state index in [2.05, 4.69) is 64.2 Å². The first-order valence-electron chi connectivity index (χ1n) is 31.8. The summed E-state index contributed by atoms with van der Waals surface area (Å²) in [5.74, 6) is 2.16. The van der Waals surface area contributed by atoms with E-state index in [1.807, 2.05) is 26.8 Å². The molecule has 0 fully saturated rings. The fourth-order valence-corrected chi connectivity index (χ4v) is 47.4. The van der Waals surface area contributed by atoms with Gasteiger partial charge in [-0.2, -0.15) is 0 Å². The zero-order chi connectivity index (χ0) is 53.8. The Morgan fingerprint density at radius 2 is 0.514 bits per heavy atom. The molecule has 0 rings (SSSR count). The summed E-state index contributed by atoms with van der Waals surface area (Å²) >= 11 is -3.01. The van der Waals surface area contributed by atoms with Gasteiger partial charge >= 0.3 is 284 Å². The van der Waals surface area contributed by atoms with E-state index >= 15 is 0 Å². The number of carbonyl (C=O) groups excluding carboxylic acids is 3. The van der Waals surface area contributed by atoms with E-state index in [4.69, 9.17) is 14.2 Å². The van der Waals surface area contributed by atoms with Crippen LogP contribution in [0, 0.1) is 0 Å². The van der Waals surface area contributed by atoms with Gasteiger partial charge in [0, 0.05) is 0 Å². The van der Waals surface area contributed by atoms with E-state index in [1.165, 1.54) is 216 Å². The first kappa shape index (κ1) is 73.5. The molecule has 0 amide bonds. The van der Waals surface area contributed by atoms with Crippen LogP contribution in [0.5, 0.6) is 0 Å². The summed E-state index contributed by atoms with van der Waals surface area (Å²) in [5, 5.41) is 0. The Morgan fingerprint density at radius 3 is 0.757 bits per heavy atom. The van der Waals surface area contributed by atoms with Crippen LogP contribution in [-0.2, 0) is 28.6 Å². The number of unbranched alkanes of at least 4 members (excludes halogenated alkanes) is 34. The van der Waals surface area contributed by atoms with Crippen LogP contribution in [0.1, 0.15) is 310 Å². The molecule has 0 saturated heterocycles. The zero-order valence-corrected chi connectivity index (χ0v) is 54.5.